The highest BCUT2D eigenvalue weighted by Crippen LogP contribution is 2.15. The minimum absolute atomic E-state index is 0.0590. The maximum Gasteiger partial charge on any atom is 0.178 e. The van der Waals surface area contributed by atoms with Crippen molar-refractivity contribution in [2.45, 2.75) is 11.3 Å². The quantitative estimate of drug-likeness (QED) is 0.566. The van der Waals surface area contributed by atoms with Gasteiger partial charge in [-0.25, -0.2) is 8.42 Å². The molecule has 0 aliphatic carbocycles. The molecule has 102 valence electrons. The number of ether oxygens (including phenoxy) is 2. The summed E-state index contributed by atoms with van der Waals surface area (Å²) < 4.78 is 33.9. The molecular formula is C12H19NO4S. The lowest BCUT2D eigenvalue weighted by molar-refractivity contribution is 0.0712. The van der Waals surface area contributed by atoms with Crippen molar-refractivity contribution in [1.29, 1.82) is 0 Å². The molecule has 1 aromatic carbocycles. The number of nitrogens with two attached hydrogens (primary N) is 1. The fourth-order valence-corrected chi connectivity index (χ4v) is 2.76. The van der Waals surface area contributed by atoms with E-state index in [0.717, 1.165) is 0 Å². The van der Waals surface area contributed by atoms with Gasteiger partial charge in [0, 0.05) is 19.4 Å². The second-order valence-corrected chi connectivity index (χ2v) is 5.96. The fraction of sp³-hybridized carbons (Fsp3) is 0.500. The van der Waals surface area contributed by atoms with Gasteiger partial charge in [-0.15, -0.1) is 0 Å². The lowest BCUT2D eigenvalue weighted by atomic mass is 10.3. The molecule has 2 N–H and O–H groups in total. The molecule has 0 aliphatic rings. The normalized spacial score (nSPS) is 11.6. The van der Waals surface area contributed by atoms with Gasteiger partial charge in [0.25, 0.3) is 0 Å². The third kappa shape index (κ3) is 5.03. The first-order valence-corrected chi connectivity index (χ1v) is 7.36. The van der Waals surface area contributed by atoms with Gasteiger partial charge in [0.05, 0.1) is 23.9 Å². The maximum absolute atomic E-state index is 11.9. The van der Waals surface area contributed by atoms with Crippen LogP contribution in [0.1, 0.15) is 6.42 Å². The molecule has 0 unspecified atom stereocenters. The monoisotopic (exact) mass is 273 g/mol. The zero-order valence-corrected chi connectivity index (χ0v) is 11.3. The number of nitrogen functional groups attached to an aromatic ring is 1. The first-order valence-electron chi connectivity index (χ1n) is 5.71. The van der Waals surface area contributed by atoms with Crippen molar-refractivity contribution in [2.24, 2.45) is 0 Å². The minimum atomic E-state index is -3.27. The third-order valence-electron chi connectivity index (χ3n) is 2.35. The van der Waals surface area contributed by atoms with Crippen molar-refractivity contribution >= 4 is 15.5 Å². The van der Waals surface area contributed by atoms with Crippen LogP contribution in [0.15, 0.2) is 29.2 Å². The maximum atomic E-state index is 11.9. The van der Waals surface area contributed by atoms with Gasteiger partial charge >= 0.3 is 0 Å². The SMILES string of the molecule is COCCOCCCS(=O)(=O)c1cccc(N)c1. The van der Waals surface area contributed by atoms with Crippen LogP contribution in [0.4, 0.5) is 5.69 Å². The van der Waals surface area contributed by atoms with Crippen molar-refractivity contribution in [3.05, 3.63) is 24.3 Å². The lowest BCUT2D eigenvalue weighted by Gasteiger charge is -2.06. The molecule has 1 rings (SSSR count). The van der Waals surface area contributed by atoms with Gasteiger partial charge in [0.2, 0.25) is 0 Å². The summed E-state index contributed by atoms with van der Waals surface area (Å²) in [5.74, 6) is 0.0590. The molecule has 0 bridgehead atoms. The number of hydrogen-bond donors (Lipinski definition) is 1. The molecule has 5 nitrogen and oxygen atoms in total. The van der Waals surface area contributed by atoms with Gasteiger partial charge in [0.15, 0.2) is 9.84 Å². The van der Waals surface area contributed by atoms with Crippen LogP contribution in [-0.4, -0.2) is 41.1 Å². The van der Waals surface area contributed by atoms with E-state index in [0.29, 0.717) is 31.9 Å². The molecule has 18 heavy (non-hydrogen) atoms. The van der Waals surface area contributed by atoms with Crippen LogP contribution in [0.25, 0.3) is 0 Å². The van der Waals surface area contributed by atoms with Crippen LogP contribution < -0.4 is 5.73 Å². The summed E-state index contributed by atoms with van der Waals surface area (Å²) >= 11 is 0. The Bertz CT molecular complexity index is 459. The van der Waals surface area contributed by atoms with Crippen LogP contribution in [0.5, 0.6) is 0 Å². The molecule has 0 radical (unpaired) electrons. The van der Waals surface area contributed by atoms with Crippen LogP contribution >= 0.6 is 0 Å². The Kier molecular flexibility index (Phi) is 6.11. The molecule has 0 atom stereocenters. The van der Waals surface area contributed by atoms with E-state index < -0.39 is 9.84 Å². The number of sulfone groups is 1. The molecule has 0 amide bonds. The molecule has 1 aromatic rings. The van der Waals surface area contributed by atoms with E-state index in [9.17, 15) is 8.42 Å². The Balaban J connectivity index is 2.41. The van der Waals surface area contributed by atoms with Crippen molar-refractivity contribution in [3.8, 4) is 0 Å². The Morgan fingerprint density at radius 3 is 2.67 bits per heavy atom. The van der Waals surface area contributed by atoms with Crippen molar-refractivity contribution in [2.75, 3.05) is 38.4 Å². The Labute approximate surface area is 108 Å². The number of rotatable bonds is 8. The van der Waals surface area contributed by atoms with Gasteiger partial charge in [0.1, 0.15) is 0 Å². The highest BCUT2D eigenvalue weighted by atomic mass is 32.2. The molecule has 0 heterocycles. The molecule has 0 saturated carbocycles. The molecule has 0 aromatic heterocycles. The summed E-state index contributed by atoms with van der Waals surface area (Å²) in [6, 6.07) is 6.32. The van der Waals surface area contributed by atoms with E-state index in [4.69, 9.17) is 15.2 Å². The number of benzene rings is 1. The predicted molar refractivity (Wildman–Crippen MR) is 70.2 cm³/mol. The summed E-state index contributed by atoms with van der Waals surface area (Å²) in [6.07, 6.45) is 0.459. The van der Waals surface area contributed by atoms with E-state index in [-0.39, 0.29) is 10.6 Å². The van der Waals surface area contributed by atoms with Gasteiger partial charge in [-0.1, -0.05) is 6.07 Å². The largest absolute Gasteiger partial charge is 0.399 e. The smallest absolute Gasteiger partial charge is 0.178 e. The topological polar surface area (TPSA) is 78.6 Å². The summed E-state index contributed by atoms with van der Waals surface area (Å²) in [5, 5.41) is 0. The van der Waals surface area contributed by atoms with Crippen molar-refractivity contribution < 1.29 is 17.9 Å². The average molecular weight is 273 g/mol. The highest BCUT2D eigenvalue weighted by molar-refractivity contribution is 7.91. The van der Waals surface area contributed by atoms with Gasteiger partial charge in [-0.05, 0) is 24.6 Å². The third-order valence-corrected chi connectivity index (χ3v) is 4.15. The van der Waals surface area contributed by atoms with E-state index >= 15 is 0 Å². The zero-order valence-electron chi connectivity index (χ0n) is 10.5. The fourth-order valence-electron chi connectivity index (χ4n) is 1.42. The molecule has 0 saturated heterocycles. The summed E-state index contributed by atoms with van der Waals surface area (Å²) in [5.41, 5.74) is 6.01. The second-order valence-electron chi connectivity index (χ2n) is 3.85. The van der Waals surface area contributed by atoms with E-state index in [1.807, 2.05) is 0 Å². The Morgan fingerprint density at radius 2 is 2.00 bits per heavy atom. The van der Waals surface area contributed by atoms with Crippen molar-refractivity contribution in [1.82, 2.24) is 0 Å². The molecule has 0 spiro atoms. The number of anilines is 1. The first-order chi connectivity index (χ1) is 8.56. The predicted octanol–water partition coefficient (Wildman–Crippen LogP) is 1.10. The van der Waals surface area contributed by atoms with Crippen LogP contribution in [-0.2, 0) is 19.3 Å². The Hall–Kier alpha value is -1.11. The molecule has 6 heteroatoms. The van der Waals surface area contributed by atoms with Gasteiger partial charge < -0.3 is 15.2 Å². The van der Waals surface area contributed by atoms with Gasteiger partial charge in [-0.3, -0.25) is 0 Å². The average Bonchev–Trinajstić information content (AvgIpc) is 2.33. The summed E-state index contributed by atoms with van der Waals surface area (Å²) in [6.45, 7) is 1.40. The standard InChI is InChI=1S/C12H19NO4S/c1-16-7-8-17-6-3-9-18(14,15)12-5-2-4-11(13)10-12/h2,4-5,10H,3,6-9,13H2,1H3. The first kappa shape index (κ1) is 14.9. The zero-order chi connectivity index (χ0) is 13.4. The van der Waals surface area contributed by atoms with Crippen LogP contribution in [0.3, 0.4) is 0 Å². The minimum Gasteiger partial charge on any atom is -0.399 e. The van der Waals surface area contributed by atoms with Gasteiger partial charge in [-0.2, -0.15) is 0 Å². The summed E-state index contributed by atoms with van der Waals surface area (Å²) in [4.78, 5) is 0.263. The number of methoxy groups -OCH3 is 1. The summed E-state index contributed by atoms with van der Waals surface area (Å²) in [7, 11) is -1.68. The van der Waals surface area contributed by atoms with E-state index in [1.165, 1.54) is 6.07 Å². The molecular weight excluding hydrogens is 254 g/mol. The van der Waals surface area contributed by atoms with Crippen molar-refractivity contribution in [3.63, 3.8) is 0 Å². The number of hydrogen-bond acceptors (Lipinski definition) is 5. The van der Waals surface area contributed by atoms with Crippen LogP contribution in [0.2, 0.25) is 0 Å². The molecule has 0 aliphatic heterocycles. The lowest BCUT2D eigenvalue weighted by Crippen LogP contribution is -2.11. The highest BCUT2D eigenvalue weighted by Gasteiger charge is 2.13. The Morgan fingerprint density at radius 1 is 1.22 bits per heavy atom. The van der Waals surface area contributed by atoms with Crippen LogP contribution in [0, 0.1) is 0 Å². The van der Waals surface area contributed by atoms with E-state index in [1.54, 1.807) is 25.3 Å². The van der Waals surface area contributed by atoms with E-state index in [2.05, 4.69) is 0 Å². The second kappa shape index (κ2) is 7.35. The molecule has 0 fully saturated rings.